The van der Waals surface area contributed by atoms with Crippen molar-refractivity contribution in [2.45, 2.75) is 18.9 Å². The minimum atomic E-state index is -0.160. The number of ketones is 1. The van der Waals surface area contributed by atoms with Crippen molar-refractivity contribution in [3.63, 3.8) is 0 Å². The summed E-state index contributed by atoms with van der Waals surface area (Å²) in [4.78, 5) is 14.5. The Kier molecular flexibility index (Phi) is 4.16. The van der Waals surface area contributed by atoms with E-state index in [1.807, 2.05) is 6.07 Å². The lowest BCUT2D eigenvalue weighted by Crippen LogP contribution is -2.30. The Morgan fingerprint density at radius 1 is 1.42 bits per heavy atom. The molecule has 3 atom stereocenters. The van der Waals surface area contributed by atoms with E-state index >= 15 is 0 Å². The molecule has 19 heavy (non-hydrogen) atoms. The summed E-state index contributed by atoms with van der Waals surface area (Å²) < 4.78 is 1.86. The number of rotatable bonds is 3. The Labute approximate surface area is 133 Å². The van der Waals surface area contributed by atoms with Gasteiger partial charge in [0.2, 0.25) is 0 Å². The number of hydrogen-bond acceptors (Lipinski definition) is 4. The minimum Gasteiger partial charge on any atom is -0.393 e. The number of fused-ring (bicyclic) bond motifs is 1. The maximum Gasteiger partial charge on any atom is 0.178 e. The number of carbonyl (C=O) groups excluding carboxylic acids is 1. The molecule has 1 aliphatic heterocycles. The van der Waals surface area contributed by atoms with Gasteiger partial charge in [-0.1, -0.05) is 0 Å². The van der Waals surface area contributed by atoms with Crippen molar-refractivity contribution >= 4 is 49.0 Å². The van der Waals surface area contributed by atoms with E-state index in [2.05, 4.69) is 36.8 Å². The average molecular weight is 409 g/mol. The maximum absolute atomic E-state index is 12.3. The Hall–Kier alpha value is 0.250. The Balaban J connectivity index is 1.64. The molecular formula is C13H15Br2NO2S. The number of carbonyl (C=O) groups is 1. The van der Waals surface area contributed by atoms with Gasteiger partial charge in [0.1, 0.15) is 0 Å². The summed E-state index contributed by atoms with van der Waals surface area (Å²) in [6.45, 7) is 2.28. The van der Waals surface area contributed by atoms with Gasteiger partial charge in [-0.25, -0.2) is 0 Å². The SMILES string of the molecule is O=C(CN1CC2CCC(O)C2C1)c1cc(Br)sc1Br. The lowest BCUT2D eigenvalue weighted by molar-refractivity contribution is 0.0919. The Morgan fingerprint density at radius 3 is 2.84 bits per heavy atom. The van der Waals surface area contributed by atoms with Crippen LogP contribution in [-0.4, -0.2) is 41.5 Å². The highest BCUT2D eigenvalue weighted by Gasteiger charge is 2.42. The first-order chi connectivity index (χ1) is 9.04. The van der Waals surface area contributed by atoms with Crippen LogP contribution < -0.4 is 0 Å². The maximum atomic E-state index is 12.3. The summed E-state index contributed by atoms with van der Waals surface area (Å²) in [5.74, 6) is 1.12. The topological polar surface area (TPSA) is 40.5 Å². The van der Waals surface area contributed by atoms with Crippen molar-refractivity contribution in [1.82, 2.24) is 4.90 Å². The van der Waals surface area contributed by atoms with E-state index < -0.39 is 0 Å². The Morgan fingerprint density at radius 2 is 2.21 bits per heavy atom. The molecule has 104 valence electrons. The standard InChI is InChI=1S/C13H15Br2NO2S/c14-12-3-8(13(15)19-12)11(18)6-16-4-7-1-2-10(17)9(7)5-16/h3,7,9-10,17H,1-2,4-6H2. The van der Waals surface area contributed by atoms with E-state index in [0.29, 0.717) is 18.4 Å². The summed E-state index contributed by atoms with van der Waals surface area (Å²) in [5.41, 5.74) is 0.759. The first-order valence-electron chi connectivity index (χ1n) is 6.43. The van der Waals surface area contributed by atoms with E-state index in [1.165, 1.54) is 11.3 Å². The molecule has 1 aliphatic carbocycles. The van der Waals surface area contributed by atoms with Gasteiger partial charge in [-0.3, -0.25) is 9.69 Å². The number of thiophene rings is 1. The molecule has 6 heteroatoms. The van der Waals surface area contributed by atoms with Crippen molar-refractivity contribution in [1.29, 1.82) is 0 Å². The molecule has 0 amide bonds. The summed E-state index contributed by atoms with van der Waals surface area (Å²) in [6.07, 6.45) is 1.87. The van der Waals surface area contributed by atoms with Crippen LogP contribution in [0.25, 0.3) is 0 Å². The van der Waals surface area contributed by atoms with Gasteiger partial charge >= 0.3 is 0 Å². The van der Waals surface area contributed by atoms with E-state index in [-0.39, 0.29) is 11.9 Å². The van der Waals surface area contributed by atoms with E-state index in [4.69, 9.17) is 0 Å². The van der Waals surface area contributed by atoms with E-state index in [0.717, 1.165) is 39.1 Å². The average Bonchev–Trinajstić information content (AvgIpc) is 2.97. The number of halogens is 2. The quantitative estimate of drug-likeness (QED) is 0.781. The van der Waals surface area contributed by atoms with Gasteiger partial charge in [-0.05, 0) is 56.7 Å². The molecule has 0 spiro atoms. The van der Waals surface area contributed by atoms with Crippen LogP contribution >= 0.6 is 43.2 Å². The number of Topliss-reactive ketones (excluding diaryl/α,β-unsaturated/α-hetero) is 1. The third kappa shape index (κ3) is 2.83. The molecule has 1 aromatic heterocycles. The molecule has 0 aromatic carbocycles. The molecule has 2 aliphatic rings. The molecule has 1 N–H and O–H groups in total. The number of likely N-dealkylation sites (tertiary alicyclic amines) is 1. The van der Waals surface area contributed by atoms with Crippen molar-refractivity contribution in [2.75, 3.05) is 19.6 Å². The van der Waals surface area contributed by atoms with Crippen LogP contribution in [0.2, 0.25) is 0 Å². The fourth-order valence-electron chi connectivity index (χ4n) is 3.28. The smallest absolute Gasteiger partial charge is 0.178 e. The monoisotopic (exact) mass is 407 g/mol. The highest BCUT2D eigenvalue weighted by atomic mass is 79.9. The fourth-order valence-corrected chi connectivity index (χ4v) is 6.13. The summed E-state index contributed by atoms with van der Waals surface area (Å²) >= 11 is 8.36. The number of aliphatic hydroxyl groups excluding tert-OH is 1. The zero-order chi connectivity index (χ0) is 13.6. The molecule has 3 rings (SSSR count). The molecule has 3 nitrogen and oxygen atoms in total. The molecule has 0 bridgehead atoms. The molecule has 0 radical (unpaired) electrons. The molecule has 2 heterocycles. The Bertz CT molecular complexity index is 505. The van der Waals surface area contributed by atoms with Crippen molar-refractivity contribution in [3.8, 4) is 0 Å². The highest BCUT2D eigenvalue weighted by Crippen LogP contribution is 2.38. The number of nitrogens with zero attached hydrogens (tertiary/aromatic N) is 1. The first kappa shape index (κ1) is 14.2. The highest BCUT2D eigenvalue weighted by molar-refractivity contribution is 9.12. The van der Waals surface area contributed by atoms with Gasteiger partial charge in [0.25, 0.3) is 0 Å². The third-order valence-electron chi connectivity index (χ3n) is 4.22. The molecule has 2 fully saturated rings. The van der Waals surface area contributed by atoms with E-state index in [9.17, 15) is 9.90 Å². The van der Waals surface area contributed by atoms with E-state index in [1.54, 1.807) is 0 Å². The lowest BCUT2D eigenvalue weighted by Gasteiger charge is -2.16. The summed E-state index contributed by atoms with van der Waals surface area (Å²) in [5, 5.41) is 9.89. The van der Waals surface area contributed by atoms with Crippen molar-refractivity contribution < 1.29 is 9.90 Å². The van der Waals surface area contributed by atoms with Gasteiger partial charge in [0, 0.05) is 24.6 Å². The van der Waals surface area contributed by atoms with Crippen LogP contribution in [0.4, 0.5) is 0 Å². The molecule has 1 aromatic rings. The van der Waals surface area contributed by atoms with Gasteiger partial charge in [-0.2, -0.15) is 0 Å². The third-order valence-corrected chi connectivity index (χ3v) is 6.56. The second-order valence-electron chi connectivity index (χ2n) is 5.42. The largest absolute Gasteiger partial charge is 0.393 e. The predicted molar refractivity (Wildman–Crippen MR) is 82.7 cm³/mol. The van der Waals surface area contributed by atoms with Gasteiger partial charge in [0.15, 0.2) is 5.78 Å². The minimum absolute atomic E-state index is 0.156. The second-order valence-corrected chi connectivity index (χ2v) is 9.17. The van der Waals surface area contributed by atoms with Crippen LogP contribution in [0.3, 0.4) is 0 Å². The zero-order valence-corrected chi connectivity index (χ0v) is 14.3. The first-order valence-corrected chi connectivity index (χ1v) is 8.83. The number of hydrogen-bond donors (Lipinski definition) is 1. The van der Waals surface area contributed by atoms with Gasteiger partial charge < -0.3 is 5.11 Å². The van der Waals surface area contributed by atoms with Crippen molar-refractivity contribution in [3.05, 3.63) is 19.2 Å². The lowest BCUT2D eigenvalue weighted by atomic mass is 10.00. The predicted octanol–water partition coefficient (Wildman–Crippen LogP) is 3.16. The molecule has 1 saturated heterocycles. The molecule has 1 saturated carbocycles. The molecular weight excluding hydrogens is 394 g/mol. The zero-order valence-electron chi connectivity index (χ0n) is 10.3. The summed E-state index contributed by atoms with van der Waals surface area (Å²) in [7, 11) is 0. The van der Waals surface area contributed by atoms with Crippen LogP contribution in [0.5, 0.6) is 0 Å². The van der Waals surface area contributed by atoms with Crippen LogP contribution in [0.15, 0.2) is 13.6 Å². The van der Waals surface area contributed by atoms with Crippen molar-refractivity contribution in [2.24, 2.45) is 11.8 Å². The van der Waals surface area contributed by atoms with Crippen LogP contribution in [-0.2, 0) is 0 Å². The fraction of sp³-hybridized carbons (Fsp3) is 0.615. The van der Waals surface area contributed by atoms with Gasteiger partial charge in [0.05, 0.1) is 20.2 Å². The van der Waals surface area contributed by atoms with Crippen LogP contribution in [0.1, 0.15) is 23.2 Å². The number of aliphatic hydroxyl groups is 1. The van der Waals surface area contributed by atoms with Crippen LogP contribution in [0, 0.1) is 11.8 Å². The molecule has 3 unspecified atom stereocenters. The van der Waals surface area contributed by atoms with Gasteiger partial charge in [-0.15, -0.1) is 11.3 Å². The summed E-state index contributed by atoms with van der Waals surface area (Å²) in [6, 6.07) is 1.88. The normalized spacial score (nSPS) is 30.8. The second kappa shape index (κ2) is 5.56.